The zero-order chi connectivity index (χ0) is 10.1. The van der Waals surface area contributed by atoms with Crippen LogP contribution in [0.15, 0.2) is 12.3 Å². The minimum atomic E-state index is -0.486. The molecule has 1 fully saturated rings. The molecule has 2 heterocycles. The lowest BCUT2D eigenvalue weighted by molar-refractivity contribution is 0.101. The third-order valence-electron chi connectivity index (χ3n) is 2.41. The molecular formula is C10H11FN2O. The van der Waals surface area contributed by atoms with Crippen LogP contribution < -0.4 is 4.90 Å². The lowest BCUT2D eigenvalue weighted by Crippen LogP contribution is -2.38. The van der Waals surface area contributed by atoms with Gasteiger partial charge in [0.05, 0.1) is 5.56 Å². The highest BCUT2D eigenvalue weighted by molar-refractivity contribution is 5.95. The van der Waals surface area contributed by atoms with E-state index in [1.54, 1.807) is 0 Å². The first-order chi connectivity index (χ1) is 6.70. The standard InChI is InChI=1S/C10H11FN2O/c1-7(14)8-3-4-12-10(9(8)11)13-5-2-6-13/h3-4H,2,5-6H2,1H3. The van der Waals surface area contributed by atoms with Gasteiger partial charge in [0, 0.05) is 19.3 Å². The molecular weight excluding hydrogens is 183 g/mol. The first-order valence-corrected chi connectivity index (χ1v) is 4.60. The molecule has 0 saturated carbocycles. The smallest absolute Gasteiger partial charge is 0.176 e. The molecule has 1 aliphatic rings. The second-order valence-electron chi connectivity index (χ2n) is 3.39. The van der Waals surface area contributed by atoms with E-state index in [-0.39, 0.29) is 11.3 Å². The zero-order valence-electron chi connectivity index (χ0n) is 7.96. The van der Waals surface area contributed by atoms with Crippen molar-refractivity contribution in [2.75, 3.05) is 18.0 Å². The normalized spacial score (nSPS) is 15.1. The molecule has 74 valence electrons. The second-order valence-corrected chi connectivity index (χ2v) is 3.39. The first-order valence-electron chi connectivity index (χ1n) is 4.60. The van der Waals surface area contributed by atoms with Gasteiger partial charge in [-0.05, 0) is 19.4 Å². The van der Waals surface area contributed by atoms with Crippen LogP contribution in [0.1, 0.15) is 23.7 Å². The average molecular weight is 194 g/mol. The molecule has 1 aromatic rings. The van der Waals surface area contributed by atoms with Gasteiger partial charge in [0.15, 0.2) is 17.4 Å². The van der Waals surface area contributed by atoms with Crippen molar-refractivity contribution < 1.29 is 9.18 Å². The van der Waals surface area contributed by atoms with E-state index in [4.69, 9.17) is 0 Å². The van der Waals surface area contributed by atoms with Gasteiger partial charge in [-0.1, -0.05) is 0 Å². The number of pyridine rings is 1. The Kier molecular flexibility index (Phi) is 2.19. The van der Waals surface area contributed by atoms with Crippen molar-refractivity contribution in [3.63, 3.8) is 0 Å². The molecule has 1 saturated heterocycles. The van der Waals surface area contributed by atoms with Crippen molar-refractivity contribution >= 4 is 11.6 Å². The van der Waals surface area contributed by atoms with E-state index in [1.807, 2.05) is 4.90 Å². The Bertz CT molecular complexity index is 374. The van der Waals surface area contributed by atoms with Gasteiger partial charge in [-0.25, -0.2) is 9.37 Å². The van der Waals surface area contributed by atoms with Crippen LogP contribution in [0.5, 0.6) is 0 Å². The van der Waals surface area contributed by atoms with Gasteiger partial charge in [-0.15, -0.1) is 0 Å². The molecule has 4 heteroatoms. The SMILES string of the molecule is CC(=O)c1ccnc(N2CCC2)c1F. The number of aromatic nitrogens is 1. The zero-order valence-corrected chi connectivity index (χ0v) is 7.96. The van der Waals surface area contributed by atoms with Crippen molar-refractivity contribution in [3.8, 4) is 0 Å². The van der Waals surface area contributed by atoms with Crippen molar-refractivity contribution in [3.05, 3.63) is 23.6 Å². The lowest BCUT2D eigenvalue weighted by Gasteiger charge is -2.32. The summed E-state index contributed by atoms with van der Waals surface area (Å²) in [6, 6.07) is 1.42. The Morgan fingerprint density at radius 3 is 2.79 bits per heavy atom. The highest BCUT2D eigenvalue weighted by Gasteiger charge is 2.22. The maximum atomic E-state index is 13.7. The molecule has 0 radical (unpaired) electrons. The van der Waals surface area contributed by atoms with Crippen LogP contribution in [0, 0.1) is 5.82 Å². The fraction of sp³-hybridized carbons (Fsp3) is 0.400. The largest absolute Gasteiger partial charge is 0.354 e. The monoisotopic (exact) mass is 194 g/mol. The van der Waals surface area contributed by atoms with Gasteiger partial charge in [0.25, 0.3) is 0 Å². The summed E-state index contributed by atoms with van der Waals surface area (Å²) in [7, 11) is 0. The van der Waals surface area contributed by atoms with Crippen molar-refractivity contribution in [2.24, 2.45) is 0 Å². The fourth-order valence-electron chi connectivity index (χ4n) is 1.45. The van der Waals surface area contributed by atoms with Crippen molar-refractivity contribution in [1.82, 2.24) is 4.98 Å². The van der Waals surface area contributed by atoms with E-state index >= 15 is 0 Å². The average Bonchev–Trinajstić information content (AvgIpc) is 2.04. The summed E-state index contributed by atoms with van der Waals surface area (Å²) in [5.41, 5.74) is 0.127. The molecule has 0 amide bonds. The predicted molar refractivity (Wildman–Crippen MR) is 51.0 cm³/mol. The highest BCUT2D eigenvalue weighted by Crippen LogP contribution is 2.23. The van der Waals surface area contributed by atoms with Crippen LogP contribution in [0.25, 0.3) is 0 Å². The number of carbonyl (C=O) groups excluding carboxylic acids is 1. The molecule has 0 spiro atoms. The van der Waals surface area contributed by atoms with Gasteiger partial charge in [-0.3, -0.25) is 4.79 Å². The Morgan fingerprint density at radius 1 is 1.57 bits per heavy atom. The summed E-state index contributed by atoms with van der Waals surface area (Å²) >= 11 is 0. The molecule has 14 heavy (non-hydrogen) atoms. The molecule has 0 aliphatic carbocycles. The minimum absolute atomic E-state index is 0.127. The van der Waals surface area contributed by atoms with Crippen LogP contribution >= 0.6 is 0 Å². The van der Waals surface area contributed by atoms with Crippen LogP contribution in [0.3, 0.4) is 0 Å². The van der Waals surface area contributed by atoms with Gasteiger partial charge in [-0.2, -0.15) is 0 Å². The number of halogens is 1. The van der Waals surface area contributed by atoms with E-state index in [0.717, 1.165) is 19.5 Å². The Morgan fingerprint density at radius 2 is 2.29 bits per heavy atom. The third-order valence-corrected chi connectivity index (χ3v) is 2.41. The Balaban J connectivity index is 2.40. The number of hydrogen-bond donors (Lipinski definition) is 0. The van der Waals surface area contributed by atoms with E-state index < -0.39 is 5.82 Å². The number of hydrogen-bond acceptors (Lipinski definition) is 3. The Hall–Kier alpha value is -1.45. The molecule has 0 N–H and O–H groups in total. The van der Waals surface area contributed by atoms with Gasteiger partial charge >= 0.3 is 0 Å². The summed E-state index contributed by atoms with van der Waals surface area (Å²) in [6.45, 7) is 3.01. The van der Waals surface area contributed by atoms with Crippen LogP contribution in [0.2, 0.25) is 0 Å². The molecule has 0 unspecified atom stereocenters. The van der Waals surface area contributed by atoms with E-state index in [9.17, 15) is 9.18 Å². The molecule has 1 aromatic heterocycles. The van der Waals surface area contributed by atoms with E-state index in [2.05, 4.69) is 4.98 Å². The summed E-state index contributed by atoms with van der Waals surface area (Å²) in [5.74, 6) is -0.435. The summed E-state index contributed by atoms with van der Waals surface area (Å²) < 4.78 is 13.7. The van der Waals surface area contributed by atoms with Gasteiger partial charge in [0.2, 0.25) is 0 Å². The molecule has 3 nitrogen and oxygen atoms in total. The van der Waals surface area contributed by atoms with Gasteiger partial charge < -0.3 is 4.90 Å². The van der Waals surface area contributed by atoms with Crippen molar-refractivity contribution in [1.29, 1.82) is 0 Å². The minimum Gasteiger partial charge on any atom is -0.354 e. The van der Waals surface area contributed by atoms with Crippen molar-refractivity contribution in [2.45, 2.75) is 13.3 Å². The molecule has 0 bridgehead atoms. The lowest BCUT2D eigenvalue weighted by atomic mass is 10.1. The van der Waals surface area contributed by atoms with Crippen LogP contribution in [-0.4, -0.2) is 23.9 Å². The van der Waals surface area contributed by atoms with Gasteiger partial charge in [0.1, 0.15) is 0 Å². The molecule has 0 atom stereocenters. The topological polar surface area (TPSA) is 33.2 Å². The second kappa shape index (κ2) is 3.36. The fourth-order valence-corrected chi connectivity index (χ4v) is 1.45. The van der Waals surface area contributed by atoms with Crippen LogP contribution in [0.4, 0.5) is 10.2 Å². The quantitative estimate of drug-likeness (QED) is 0.671. The summed E-state index contributed by atoms with van der Waals surface area (Å²) in [4.78, 5) is 16.8. The highest BCUT2D eigenvalue weighted by atomic mass is 19.1. The first kappa shape index (κ1) is 9.12. The Labute approximate surface area is 81.6 Å². The van der Waals surface area contributed by atoms with E-state index in [1.165, 1.54) is 19.2 Å². The third kappa shape index (κ3) is 1.36. The van der Waals surface area contributed by atoms with Crippen LogP contribution in [-0.2, 0) is 0 Å². The number of rotatable bonds is 2. The molecule has 0 aromatic carbocycles. The molecule has 1 aliphatic heterocycles. The number of Topliss-reactive ketones (excluding diaryl/α,β-unsaturated/α-hetero) is 1. The summed E-state index contributed by atoms with van der Waals surface area (Å²) in [5, 5.41) is 0. The predicted octanol–water partition coefficient (Wildman–Crippen LogP) is 1.63. The molecule has 2 rings (SSSR count). The number of anilines is 1. The summed E-state index contributed by atoms with van der Waals surface area (Å²) in [6.07, 6.45) is 2.54. The number of ketones is 1. The maximum absolute atomic E-state index is 13.7. The number of nitrogens with zero attached hydrogens (tertiary/aromatic N) is 2. The number of carbonyl (C=O) groups is 1. The maximum Gasteiger partial charge on any atom is 0.176 e. The van der Waals surface area contributed by atoms with E-state index in [0.29, 0.717) is 5.82 Å².